The van der Waals surface area contributed by atoms with Crippen molar-refractivity contribution in [1.82, 2.24) is 25.3 Å². The molecular weight excluding hydrogens is 374 g/mol. The smallest absolute Gasteiger partial charge is 0.329 e. The molecule has 0 aliphatic carbocycles. The van der Waals surface area contributed by atoms with Gasteiger partial charge in [0, 0.05) is 17.9 Å². The van der Waals surface area contributed by atoms with E-state index in [1.54, 1.807) is 12.1 Å². The van der Waals surface area contributed by atoms with Crippen LogP contribution in [0.5, 0.6) is 0 Å². The summed E-state index contributed by atoms with van der Waals surface area (Å²) in [5.41, 5.74) is 0.369. The van der Waals surface area contributed by atoms with Gasteiger partial charge in [0.15, 0.2) is 0 Å². The molecular formula is C13H10ClN5O5S. The van der Waals surface area contributed by atoms with E-state index in [9.17, 15) is 18.6 Å². The summed E-state index contributed by atoms with van der Waals surface area (Å²) in [7, 11) is -1.87. The first-order valence-corrected chi connectivity index (χ1v) is 8.63. The average molecular weight is 384 g/mol. The summed E-state index contributed by atoms with van der Waals surface area (Å²) in [6, 6.07) is 4.51. The number of halogens is 1. The van der Waals surface area contributed by atoms with Gasteiger partial charge in [-0.25, -0.2) is 4.79 Å². The highest BCUT2D eigenvalue weighted by Gasteiger charge is 2.33. The second kappa shape index (κ2) is 7.07. The summed E-state index contributed by atoms with van der Waals surface area (Å²) < 4.78 is 13.8. The van der Waals surface area contributed by atoms with E-state index in [4.69, 9.17) is 16.4 Å². The van der Waals surface area contributed by atoms with Gasteiger partial charge in [-0.2, -0.15) is 4.68 Å². The molecule has 1 fully saturated rings. The molecule has 1 unspecified atom stereocenters. The van der Waals surface area contributed by atoms with Crippen molar-refractivity contribution in [3.63, 3.8) is 0 Å². The van der Waals surface area contributed by atoms with Gasteiger partial charge in [0.2, 0.25) is 0 Å². The largest absolute Gasteiger partial charge is 0.345 e. The van der Waals surface area contributed by atoms with Crippen LogP contribution in [0.4, 0.5) is 0 Å². The van der Waals surface area contributed by atoms with Gasteiger partial charge in [-0.1, -0.05) is 11.6 Å². The first-order chi connectivity index (χ1) is 12.0. The van der Waals surface area contributed by atoms with Gasteiger partial charge in [0.1, 0.15) is 12.1 Å². The Bertz CT molecular complexity index is 856. The lowest BCUT2D eigenvalue weighted by Gasteiger charge is -2.13. The summed E-state index contributed by atoms with van der Waals surface area (Å²) in [5.74, 6) is -2.78. The van der Waals surface area contributed by atoms with Crippen LogP contribution in [0.15, 0.2) is 29.4 Å². The van der Waals surface area contributed by atoms with E-state index in [2.05, 4.69) is 15.5 Å². The Morgan fingerprint density at radius 3 is 2.64 bits per heavy atom. The molecule has 1 aliphatic rings. The molecule has 0 saturated carbocycles. The number of nitrogens with zero attached hydrogens (tertiary/aromatic N) is 5. The summed E-state index contributed by atoms with van der Waals surface area (Å²) in [6.45, 7) is 0. The fourth-order valence-corrected chi connectivity index (χ4v) is 3.41. The topological polar surface area (TPSA) is 124 Å². The Morgan fingerprint density at radius 1 is 1.28 bits per heavy atom. The number of hydroxylamine groups is 2. The highest BCUT2D eigenvalue weighted by atomic mass is 35.5. The van der Waals surface area contributed by atoms with Crippen LogP contribution in [0.1, 0.15) is 12.8 Å². The van der Waals surface area contributed by atoms with Crippen LogP contribution in [0.2, 0.25) is 5.02 Å². The Labute approximate surface area is 148 Å². The number of hydrogen-bond donors (Lipinski definition) is 0. The maximum Gasteiger partial charge on any atom is 0.345 e. The van der Waals surface area contributed by atoms with Gasteiger partial charge in [-0.3, -0.25) is 13.8 Å². The average Bonchev–Trinajstić information content (AvgIpc) is 3.20. The van der Waals surface area contributed by atoms with Gasteiger partial charge >= 0.3 is 5.97 Å². The molecule has 1 aromatic heterocycles. The van der Waals surface area contributed by atoms with Crippen molar-refractivity contribution in [3.8, 4) is 5.69 Å². The zero-order valence-corrected chi connectivity index (χ0v) is 14.1. The van der Waals surface area contributed by atoms with E-state index in [-0.39, 0.29) is 17.7 Å². The minimum Gasteiger partial charge on any atom is -0.329 e. The molecule has 25 heavy (non-hydrogen) atoms. The minimum atomic E-state index is -1.87. The van der Waals surface area contributed by atoms with E-state index in [0.717, 1.165) is 0 Å². The van der Waals surface area contributed by atoms with Crippen molar-refractivity contribution < 1.29 is 23.4 Å². The third kappa shape index (κ3) is 3.72. The third-order valence-corrected chi connectivity index (χ3v) is 4.76. The highest BCUT2D eigenvalue weighted by molar-refractivity contribution is 7.85. The minimum absolute atomic E-state index is 0.0209. The van der Waals surface area contributed by atoms with Gasteiger partial charge < -0.3 is 4.84 Å². The Morgan fingerprint density at radius 2 is 2.00 bits per heavy atom. The highest BCUT2D eigenvalue weighted by Crippen LogP contribution is 2.22. The fourth-order valence-electron chi connectivity index (χ4n) is 2.10. The predicted molar refractivity (Wildman–Crippen MR) is 82.6 cm³/mol. The van der Waals surface area contributed by atoms with Crippen LogP contribution >= 0.6 is 11.6 Å². The van der Waals surface area contributed by atoms with E-state index in [1.807, 2.05) is 0 Å². The van der Waals surface area contributed by atoms with Crippen molar-refractivity contribution >= 4 is 40.2 Å². The van der Waals surface area contributed by atoms with Crippen molar-refractivity contribution in [2.45, 2.75) is 17.7 Å². The molecule has 1 atom stereocenters. The maximum absolute atomic E-state index is 12.5. The SMILES string of the molecule is O=C(CS(=O)c1cc(Cl)ccc1-n1cnnn1)ON1C(=O)CCC1=O. The van der Waals surface area contributed by atoms with Crippen molar-refractivity contribution in [2.75, 3.05) is 5.75 Å². The zero-order chi connectivity index (χ0) is 18.0. The second-order valence-electron chi connectivity index (χ2n) is 4.90. The van der Waals surface area contributed by atoms with Crippen LogP contribution in [0, 0.1) is 0 Å². The van der Waals surface area contributed by atoms with Gasteiger partial charge in [0.05, 0.1) is 21.4 Å². The number of aromatic nitrogens is 4. The van der Waals surface area contributed by atoms with E-state index < -0.39 is 34.3 Å². The zero-order valence-electron chi connectivity index (χ0n) is 12.5. The normalized spacial score (nSPS) is 15.5. The predicted octanol–water partition coefficient (Wildman–Crippen LogP) is 0.0305. The first-order valence-electron chi connectivity index (χ1n) is 6.93. The van der Waals surface area contributed by atoms with Gasteiger partial charge in [-0.05, 0) is 28.6 Å². The van der Waals surface area contributed by atoms with E-state index >= 15 is 0 Å². The van der Waals surface area contributed by atoms with Crippen molar-refractivity contribution in [2.24, 2.45) is 0 Å². The van der Waals surface area contributed by atoms with Crippen LogP contribution in [-0.4, -0.2) is 53.0 Å². The molecule has 130 valence electrons. The summed E-state index contributed by atoms with van der Waals surface area (Å²) in [6.07, 6.45) is 1.25. The standard InChI is InChI=1S/C13H10ClN5O5S/c14-8-1-2-9(18-7-15-16-17-18)10(5-8)25(23)6-13(22)24-19-11(20)3-4-12(19)21/h1-2,5,7H,3-4,6H2. The second-order valence-corrected chi connectivity index (χ2v) is 6.76. The number of hydrogen-bond acceptors (Lipinski definition) is 8. The van der Waals surface area contributed by atoms with Crippen LogP contribution in [0.3, 0.4) is 0 Å². The molecule has 0 N–H and O–H groups in total. The summed E-state index contributed by atoms with van der Waals surface area (Å²) in [4.78, 5) is 39.7. The molecule has 2 heterocycles. The molecule has 1 aromatic carbocycles. The number of imide groups is 1. The first kappa shape index (κ1) is 17.2. The molecule has 2 aromatic rings. The number of tetrazole rings is 1. The van der Waals surface area contributed by atoms with Crippen molar-refractivity contribution in [1.29, 1.82) is 0 Å². The van der Waals surface area contributed by atoms with Gasteiger partial charge in [-0.15, -0.1) is 10.2 Å². The maximum atomic E-state index is 12.5. The number of carbonyl (C=O) groups is 3. The number of benzene rings is 1. The number of carbonyl (C=O) groups excluding carboxylic acids is 3. The third-order valence-electron chi connectivity index (χ3n) is 3.21. The summed E-state index contributed by atoms with van der Waals surface area (Å²) in [5, 5.41) is 11.4. The monoisotopic (exact) mass is 383 g/mol. The van der Waals surface area contributed by atoms with Crippen LogP contribution in [-0.2, 0) is 30.0 Å². The Balaban J connectivity index is 1.77. The lowest BCUT2D eigenvalue weighted by atomic mass is 10.3. The molecule has 1 aliphatic heterocycles. The quantitative estimate of drug-likeness (QED) is 0.662. The Kier molecular flexibility index (Phi) is 4.86. The fraction of sp³-hybridized carbons (Fsp3) is 0.231. The molecule has 1 saturated heterocycles. The van der Waals surface area contributed by atoms with Crippen LogP contribution < -0.4 is 0 Å². The number of amides is 2. The van der Waals surface area contributed by atoms with Crippen LogP contribution in [0.25, 0.3) is 5.69 Å². The molecule has 2 amide bonds. The lowest BCUT2D eigenvalue weighted by Crippen LogP contribution is -2.33. The Hall–Kier alpha value is -2.66. The molecule has 0 spiro atoms. The van der Waals surface area contributed by atoms with Gasteiger partial charge in [0.25, 0.3) is 11.8 Å². The lowest BCUT2D eigenvalue weighted by molar-refractivity contribution is -0.195. The molecule has 3 rings (SSSR count). The molecule has 0 radical (unpaired) electrons. The molecule has 12 heteroatoms. The molecule has 10 nitrogen and oxygen atoms in total. The van der Waals surface area contributed by atoms with E-state index in [1.165, 1.54) is 17.1 Å². The summed E-state index contributed by atoms with van der Waals surface area (Å²) >= 11 is 5.93. The number of rotatable bonds is 5. The molecule has 0 bridgehead atoms. The van der Waals surface area contributed by atoms with E-state index in [0.29, 0.717) is 15.8 Å². The van der Waals surface area contributed by atoms with Crippen molar-refractivity contribution in [3.05, 3.63) is 29.5 Å².